The highest BCUT2D eigenvalue weighted by atomic mass is 32.2. The molecule has 0 bridgehead atoms. The van der Waals surface area contributed by atoms with Gasteiger partial charge in [0.05, 0.1) is 6.20 Å². The SMILES string of the molecule is O=C(O)C1CSC(c2ncc(O)cc2O)=N1. The minimum absolute atomic E-state index is 0.153. The lowest BCUT2D eigenvalue weighted by Gasteiger charge is -2.01. The number of hydrogen-bond donors (Lipinski definition) is 3. The largest absolute Gasteiger partial charge is 0.506 e. The first-order valence-electron chi connectivity index (χ1n) is 4.39. The molecule has 2 heterocycles. The third-order valence-corrected chi connectivity index (χ3v) is 3.05. The van der Waals surface area contributed by atoms with Crippen molar-refractivity contribution in [1.82, 2.24) is 4.98 Å². The van der Waals surface area contributed by atoms with Crippen molar-refractivity contribution in [3.05, 3.63) is 18.0 Å². The number of thioether (sulfide) groups is 1. The minimum atomic E-state index is -0.999. The zero-order valence-corrected chi connectivity index (χ0v) is 8.81. The molecule has 0 aromatic carbocycles. The molecular formula is C9H8N2O4S. The van der Waals surface area contributed by atoms with E-state index in [1.807, 2.05) is 0 Å². The monoisotopic (exact) mass is 240 g/mol. The van der Waals surface area contributed by atoms with E-state index < -0.39 is 12.0 Å². The standard InChI is InChI=1S/C9H8N2O4S/c12-4-1-6(13)7(10-2-4)8-11-5(3-16-8)9(14)15/h1-2,5,12-13H,3H2,(H,14,15). The molecule has 7 heteroatoms. The first-order valence-corrected chi connectivity index (χ1v) is 5.38. The highest BCUT2D eigenvalue weighted by Gasteiger charge is 2.27. The molecular weight excluding hydrogens is 232 g/mol. The van der Waals surface area contributed by atoms with E-state index in [1.54, 1.807) is 0 Å². The summed E-state index contributed by atoms with van der Waals surface area (Å²) < 4.78 is 0. The smallest absolute Gasteiger partial charge is 0.329 e. The van der Waals surface area contributed by atoms with Crippen molar-refractivity contribution in [3.8, 4) is 11.5 Å². The second-order valence-corrected chi connectivity index (χ2v) is 4.17. The molecule has 0 saturated heterocycles. The predicted molar refractivity (Wildman–Crippen MR) is 58.0 cm³/mol. The van der Waals surface area contributed by atoms with E-state index in [2.05, 4.69) is 9.98 Å². The molecule has 0 spiro atoms. The summed E-state index contributed by atoms with van der Waals surface area (Å²) in [5, 5.41) is 27.7. The van der Waals surface area contributed by atoms with Gasteiger partial charge in [0.25, 0.3) is 0 Å². The maximum atomic E-state index is 10.7. The summed E-state index contributed by atoms with van der Waals surface area (Å²) >= 11 is 1.22. The van der Waals surface area contributed by atoms with Crippen LogP contribution in [0.3, 0.4) is 0 Å². The summed E-state index contributed by atoms with van der Waals surface area (Å²) in [6.45, 7) is 0. The quantitative estimate of drug-likeness (QED) is 0.693. The number of aromatic hydroxyl groups is 2. The van der Waals surface area contributed by atoms with Gasteiger partial charge in [0.2, 0.25) is 0 Å². The van der Waals surface area contributed by atoms with Crippen molar-refractivity contribution in [2.24, 2.45) is 4.99 Å². The minimum Gasteiger partial charge on any atom is -0.506 e. The molecule has 2 rings (SSSR count). The molecule has 1 aromatic rings. The normalized spacial score (nSPS) is 19.5. The number of rotatable bonds is 2. The average molecular weight is 240 g/mol. The maximum Gasteiger partial charge on any atom is 0.329 e. The Kier molecular flexibility index (Phi) is 2.69. The predicted octanol–water partition coefficient (Wildman–Crippen LogP) is 0.439. The molecule has 1 aromatic heterocycles. The Bertz CT molecular complexity index is 475. The second-order valence-electron chi connectivity index (χ2n) is 3.16. The number of aliphatic carboxylic acids is 1. The van der Waals surface area contributed by atoms with Crippen LogP contribution in [0, 0.1) is 0 Å². The Morgan fingerprint density at radius 3 is 2.81 bits per heavy atom. The van der Waals surface area contributed by atoms with Crippen molar-refractivity contribution in [2.45, 2.75) is 6.04 Å². The van der Waals surface area contributed by atoms with Gasteiger partial charge in [0.1, 0.15) is 22.2 Å². The number of hydrogen-bond acceptors (Lipinski definition) is 6. The molecule has 0 radical (unpaired) electrons. The summed E-state index contributed by atoms with van der Waals surface area (Å²) in [7, 11) is 0. The fourth-order valence-corrected chi connectivity index (χ4v) is 2.27. The molecule has 1 unspecified atom stereocenters. The molecule has 0 aliphatic carbocycles. The Labute approximate surface area is 94.7 Å². The first kappa shape index (κ1) is 10.7. The van der Waals surface area contributed by atoms with Crippen molar-refractivity contribution in [1.29, 1.82) is 0 Å². The Hall–Kier alpha value is -1.76. The number of carboxylic acid groups (broad SMARTS) is 1. The van der Waals surface area contributed by atoms with Crippen LogP contribution < -0.4 is 0 Å². The van der Waals surface area contributed by atoms with Crippen LogP contribution in [0.1, 0.15) is 5.69 Å². The Morgan fingerprint density at radius 2 is 2.25 bits per heavy atom. The van der Waals surface area contributed by atoms with Gasteiger partial charge in [-0.1, -0.05) is 0 Å². The Morgan fingerprint density at radius 1 is 1.50 bits per heavy atom. The van der Waals surface area contributed by atoms with Gasteiger partial charge in [-0.3, -0.25) is 4.99 Å². The highest BCUT2D eigenvalue weighted by Crippen LogP contribution is 2.29. The first-order chi connectivity index (χ1) is 7.58. The lowest BCUT2D eigenvalue weighted by atomic mass is 10.3. The second kappa shape index (κ2) is 4.01. The van der Waals surface area contributed by atoms with Crippen molar-refractivity contribution in [3.63, 3.8) is 0 Å². The van der Waals surface area contributed by atoms with E-state index in [0.717, 1.165) is 6.07 Å². The average Bonchev–Trinajstić information content (AvgIpc) is 2.66. The zero-order chi connectivity index (χ0) is 11.7. The summed E-state index contributed by atoms with van der Waals surface area (Å²) in [6, 6.07) is 0.342. The summed E-state index contributed by atoms with van der Waals surface area (Å²) in [5.74, 6) is -1.04. The van der Waals surface area contributed by atoms with E-state index in [4.69, 9.17) is 10.2 Å². The van der Waals surface area contributed by atoms with Crippen molar-refractivity contribution >= 4 is 22.8 Å². The number of carbonyl (C=O) groups is 1. The summed E-state index contributed by atoms with van der Waals surface area (Å²) in [4.78, 5) is 18.4. The van der Waals surface area contributed by atoms with Crippen molar-refractivity contribution in [2.75, 3.05) is 5.75 Å². The van der Waals surface area contributed by atoms with Crippen LogP contribution in [0.4, 0.5) is 0 Å². The fourth-order valence-electron chi connectivity index (χ4n) is 1.24. The number of aliphatic imine (C=N–C) groups is 1. The van der Waals surface area contributed by atoms with Gasteiger partial charge in [-0.05, 0) is 0 Å². The van der Waals surface area contributed by atoms with E-state index >= 15 is 0 Å². The lowest BCUT2D eigenvalue weighted by molar-refractivity contribution is -0.137. The van der Waals surface area contributed by atoms with Crippen LogP contribution in [-0.2, 0) is 4.79 Å². The third-order valence-electron chi connectivity index (χ3n) is 1.99. The molecule has 0 saturated carbocycles. The number of carboxylic acids is 1. The van der Waals surface area contributed by atoms with E-state index in [-0.39, 0.29) is 17.2 Å². The van der Waals surface area contributed by atoms with Gasteiger partial charge in [0.15, 0.2) is 6.04 Å². The topological polar surface area (TPSA) is 103 Å². The molecule has 6 nitrogen and oxygen atoms in total. The van der Waals surface area contributed by atoms with E-state index in [0.29, 0.717) is 10.8 Å². The molecule has 1 atom stereocenters. The molecule has 16 heavy (non-hydrogen) atoms. The summed E-state index contributed by atoms with van der Waals surface area (Å²) in [6.07, 6.45) is 1.17. The molecule has 3 N–H and O–H groups in total. The zero-order valence-electron chi connectivity index (χ0n) is 7.99. The van der Waals surface area contributed by atoms with Crippen molar-refractivity contribution < 1.29 is 20.1 Å². The van der Waals surface area contributed by atoms with Gasteiger partial charge in [-0.25, -0.2) is 9.78 Å². The summed E-state index contributed by atoms with van der Waals surface area (Å²) in [5.41, 5.74) is 0.201. The van der Waals surface area contributed by atoms with Crippen LogP contribution in [0.5, 0.6) is 11.5 Å². The van der Waals surface area contributed by atoms with Gasteiger partial charge in [-0.15, -0.1) is 11.8 Å². The number of aromatic nitrogens is 1. The highest BCUT2D eigenvalue weighted by molar-refractivity contribution is 8.14. The fraction of sp³-hybridized carbons (Fsp3) is 0.222. The third kappa shape index (κ3) is 1.94. The number of nitrogens with zero attached hydrogens (tertiary/aromatic N) is 2. The van der Waals surface area contributed by atoms with E-state index in [1.165, 1.54) is 18.0 Å². The molecule has 0 amide bonds. The molecule has 84 valence electrons. The van der Waals surface area contributed by atoms with E-state index in [9.17, 15) is 9.90 Å². The van der Waals surface area contributed by atoms with Crippen LogP contribution in [0.25, 0.3) is 0 Å². The molecule has 0 fully saturated rings. The van der Waals surface area contributed by atoms with Crippen LogP contribution in [0.15, 0.2) is 17.3 Å². The lowest BCUT2D eigenvalue weighted by Crippen LogP contribution is -2.17. The molecule has 1 aliphatic rings. The van der Waals surface area contributed by atoms with Gasteiger partial charge in [0, 0.05) is 11.8 Å². The van der Waals surface area contributed by atoms with Gasteiger partial charge >= 0.3 is 5.97 Å². The number of pyridine rings is 1. The van der Waals surface area contributed by atoms with Crippen LogP contribution >= 0.6 is 11.8 Å². The van der Waals surface area contributed by atoms with Crippen LogP contribution in [0.2, 0.25) is 0 Å². The van der Waals surface area contributed by atoms with Gasteiger partial charge < -0.3 is 15.3 Å². The van der Waals surface area contributed by atoms with Crippen LogP contribution in [-0.4, -0.2) is 43.1 Å². The Balaban J connectivity index is 2.32. The molecule has 1 aliphatic heterocycles. The van der Waals surface area contributed by atoms with Gasteiger partial charge in [-0.2, -0.15) is 0 Å². The maximum absolute atomic E-state index is 10.7.